The molecule has 9 nitrogen and oxygen atoms in total. The quantitative estimate of drug-likeness (QED) is 0.475. The lowest BCUT2D eigenvalue weighted by molar-refractivity contribution is -0.385. The molecule has 0 amide bonds. The van der Waals surface area contributed by atoms with Gasteiger partial charge in [-0.2, -0.15) is 4.98 Å². The molecule has 110 valence electrons. The van der Waals surface area contributed by atoms with E-state index in [1.165, 1.54) is 31.5 Å². The normalized spacial score (nSPS) is 10.0. The van der Waals surface area contributed by atoms with Gasteiger partial charge in [0.25, 0.3) is 0 Å². The maximum absolute atomic E-state index is 11.0. The fraction of sp³-hybridized carbons (Fsp3) is 0.0909. The van der Waals surface area contributed by atoms with Crippen molar-refractivity contribution in [3.8, 4) is 17.4 Å². The zero-order valence-electron chi connectivity index (χ0n) is 10.7. The van der Waals surface area contributed by atoms with Crippen molar-refractivity contribution in [1.82, 2.24) is 9.97 Å². The Morgan fingerprint density at radius 2 is 2.24 bits per heavy atom. The third-order valence-corrected chi connectivity index (χ3v) is 2.95. The van der Waals surface area contributed by atoms with E-state index in [2.05, 4.69) is 31.3 Å². The van der Waals surface area contributed by atoms with Crippen molar-refractivity contribution in [3.05, 3.63) is 39.0 Å². The van der Waals surface area contributed by atoms with E-state index < -0.39 is 4.92 Å². The largest absolute Gasteiger partial charge is 0.490 e. The van der Waals surface area contributed by atoms with Crippen LogP contribution in [0.2, 0.25) is 0 Å². The van der Waals surface area contributed by atoms with Crippen LogP contribution in [0.5, 0.6) is 17.4 Å². The maximum atomic E-state index is 11.0. The summed E-state index contributed by atoms with van der Waals surface area (Å²) in [5, 5.41) is 11.0. The van der Waals surface area contributed by atoms with Crippen LogP contribution in [0, 0.1) is 10.1 Å². The third-order valence-electron chi connectivity index (χ3n) is 2.40. The summed E-state index contributed by atoms with van der Waals surface area (Å²) in [5.74, 6) is 5.89. The van der Waals surface area contributed by atoms with Gasteiger partial charge in [0.15, 0.2) is 5.75 Å². The molecule has 2 aromatic rings. The number of nitro groups is 1. The number of nitrogens with one attached hydrogen (secondary N) is 1. The molecular weight excluding hydrogens is 346 g/mol. The van der Waals surface area contributed by atoms with E-state index in [-0.39, 0.29) is 29.0 Å². The maximum Gasteiger partial charge on any atom is 0.314 e. The summed E-state index contributed by atoms with van der Waals surface area (Å²) in [4.78, 5) is 18.3. The zero-order chi connectivity index (χ0) is 15.4. The smallest absolute Gasteiger partial charge is 0.314 e. The van der Waals surface area contributed by atoms with Crippen LogP contribution in [-0.2, 0) is 0 Å². The first-order valence-electron chi connectivity index (χ1n) is 5.54. The van der Waals surface area contributed by atoms with E-state index in [9.17, 15) is 10.1 Å². The lowest BCUT2D eigenvalue weighted by Gasteiger charge is -2.08. The molecule has 0 unspecified atom stereocenters. The van der Waals surface area contributed by atoms with Crippen LogP contribution >= 0.6 is 15.9 Å². The molecule has 0 saturated carbocycles. The number of hydrogen-bond acceptors (Lipinski definition) is 8. The molecule has 0 aliphatic carbocycles. The van der Waals surface area contributed by atoms with Crippen molar-refractivity contribution in [3.63, 3.8) is 0 Å². The minimum atomic E-state index is -0.562. The van der Waals surface area contributed by atoms with Gasteiger partial charge in [-0.05, 0) is 28.1 Å². The Balaban J connectivity index is 2.36. The highest BCUT2D eigenvalue weighted by atomic mass is 79.9. The Bertz CT molecular complexity index is 682. The Hall–Kier alpha value is -2.46. The first-order chi connectivity index (χ1) is 10.0. The number of ether oxygens (including phenoxy) is 2. The second-order valence-electron chi connectivity index (χ2n) is 3.68. The standard InChI is InChI=1S/C11H10BrN5O4/c1-20-9-3-2-6(4-8(9)17(18)19)21-10-7(12)5-14-11(15-10)16-13/h2-5H,13H2,1H3,(H,14,15,16). The summed E-state index contributed by atoms with van der Waals surface area (Å²) >= 11 is 3.22. The van der Waals surface area contributed by atoms with Gasteiger partial charge in [-0.3, -0.25) is 15.5 Å². The molecule has 1 aromatic carbocycles. The molecule has 0 aliphatic rings. The summed E-state index contributed by atoms with van der Waals surface area (Å²) in [6.45, 7) is 0. The number of halogens is 1. The minimum absolute atomic E-state index is 0.137. The Labute approximate surface area is 127 Å². The van der Waals surface area contributed by atoms with Crippen molar-refractivity contribution in [2.45, 2.75) is 0 Å². The van der Waals surface area contributed by atoms with Crippen LogP contribution < -0.4 is 20.7 Å². The monoisotopic (exact) mass is 355 g/mol. The van der Waals surface area contributed by atoms with Crippen molar-refractivity contribution in [1.29, 1.82) is 0 Å². The molecular formula is C11H10BrN5O4. The summed E-state index contributed by atoms with van der Waals surface area (Å²) in [5.41, 5.74) is 2.07. The number of hydrogen-bond donors (Lipinski definition) is 2. The average molecular weight is 356 g/mol. The van der Waals surface area contributed by atoms with Crippen molar-refractivity contribution >= 4 is 27.6 Å². The van der Waals surface area contributed by atoms with Crippen molar-refractivity contribution in [2.75, 3.05) is 12.5 Å². The van der Waals surface area contributed by atoms with Gasteiger partial charge in [0.2, 0.25) is 11.8 Å². The van der Waals surface area contributed by atoms with Crippen molar-refractivity contribution in [2.24, 2.45) is 5.84 Å². The second-order valence-corrected chi connectivity index (χ2v) is 4.54. The molecule has 2 rings (SSSR count). The van der Waals surface area contributed by atoms with Crippen LogP contribution in [0.15, 0.2) is 28.9 Å². The fourth-order valence-electron chi connectivity index (χ4n) is 1.48. The molecule has 21 heavy (non-hydrogen) atoms. The molecule has 1 heterocycles. The molecule has 0 aliphatic heterocycles. The van der Waals surface area contributed by atoms with E-state index in [0.29, 0.717) is 4.47 Å². The Kier molecular flexibility index (Phi) is 4.50. The molecule has 0 atom stereocenters. The molecule has 0 radical (unpaired) electrons. The number of benzene rings is 1. The molecule has 0 bridgehead atoms. The number of rotatable bonds is 5. The van der Waals surface area contributed by atoms with Crippen molar-refractivity contribution < 1.29 is 14.4 Å². The fourth-order valence-corrected chi connectivity index (χ4v) is 1.75. The third kappa shape index (κ3) is 3.35. The summed E-state index contributed by atoms with van der Waals surface area (Å²) in [6.07, 6.45) is 1.44. The number of anilines is 1. The molecule has 0 fully saturated rings. The van der Waals surface area contributed by atoms with Crippen LogP contribution in [-0.4, -0.2) is 22.0 Å². The number of hydrazine groups is 1. The van der Waals surface area contributed by atoms with Gasteiger partial charge in [0, 0.05) is 0 Å². The average Bonchev–Trinajstić information content (AvgIpc) is 2.49. The van der Waals surface area contributed by atoms with Gasteiger partial charge in [-0.25, -0.2) is 10.8 Å². The minimum Gasteiger partial charge on any atom is -0.490 e. The lowest BCUT2D eigenvalue weighted by atomic mass is 10.3. The summed E-state index contributed by atoms with van der Waals surface area (Å²) in [6, 6.07) is 4.20. The molecule has 3 N–H and O–H groups in total. The van der Waals surface area contributed by atoms with Gasteiger partial charge >= 0.3 is 5.69 Å². The highest BCUT2D eigenvalue weighted by Crippen LogP contribution is 2.34. The van der Waals surface area contributed by atoms with Gasteiger partial charge in [0.05, 0.1) is 28.8 Å². The molecule has 0 saturated heterocycles. The van der Waals surface area contributed by atoms with E-state index >= 15 is 0 Å². The van der Waals surface area contributed by atoms with Gasteiger partial charge in [0.1, 0.15) is 5.75 Å². The number of methoxy groups -OCH3 is 1. The highest BCUT2D eigenvalue weighted by Gasteiger charge is 2.17. The van der Waals surface area contributed by atoms with E-state index in [1.54, 1.807) is 0 Å². The summed E-state index contributed by atoms with van der Waals surface area (Å²) < 4.78 is 10.9. The second kappa shape index (κ2) is 6.33. The van der Waals surface area contributed by atoms with Crippen LogP contribution in [0.4, 0.5) is 11.6 Å². The number of nitrogens with zero attached hydrogens (tertiary/aromatic N) is 3. The number of nitrogens with two attached hydrogens (primary N) is 1. The SMILES string of the molecule is COc1ccc(Oc2nc(NN)ncc2Br)cc1[N+](=O)[O-]. The first kappa shape index (κ1) is 14.9. The van der Waals surface area contributed by atoms with Gasteiger partial charge in [-0.15, -0.1) is 0 Å². The Morgan fingerprint density at radius 3 is 2.86 bits per heavy atom. The number of nitrogen functional groups attached to an aromatic ring is 1. The van der Waals surface area contributed by atoms with Crippen LogP contribution in [0.3, 0.4) is 0 Å². The molecule has 0 spiro atoms. The molecule has 10 heteroatoms. The van der Waals surface area contributed by atoms with Crippen LogP contribution in [0.1, 0.15) is 0 Å². The lowest BCUT2D eigenvalue weighted by Crippen LogP contribution is -2.10. The number of nitro benzene ring substituents is 1. The topological polar surface area (TPSA) is 125 Å². The van der Waals surface area contributed by atoms with Gasteiger partial charge in [-0.1, -0.05) is 0 Å². The highest BCUT2D eigenvalue weighted by molar-refractivity contribution is 9.10. The van der Waals surface area contributed by atoms with Gasteiger partial charge < -0.3 is 9.47 Å². The van der Waals surface area contributed by atoms with Crippen LogP contribution in [0.25, 0.3) is 0 Å². The predicted molar refractivity (Wildman–Crippen MR) is 77.3 cm³/mol. The van der Waals surface area contributed by atoms with E-state index in [1.807, 2.05) is 0 Å². The first-order valence-corrected chi connectivity index (χ1v) is 6.34. The Morgan fingerprint density at radius 1 is 1.48 bits per heavy atom. The number of aromatic nitrogens is 2. The van der Waals surface area contributed by atoms with E-state index in [0.717, 1.165) is 0 Å². The predicted octanol–water partition coefficient (Wildman–Crippen LogP) is 2.23. The zero-order valence-corrected chi connectivity index (χ0v) is 12.3. The summed E-state index contributed by atoms with van der Waals surface area (Å²) in [7, 11) is 1.35. The molecule has 1 aromatic heterocycles. The van der Waals surface area contributed by atoms with E-state index in [4.69, 9.17) is 15.3 Å².